The van der Waals surface area contributed by atoms with Crippen LogP contribution in [0.4, 0.5) is 0 Å². The minimum absolute atomic E-state index is 0.738. The minimum Gasteiger partial charge on any atom is -0.330 e. The van der Waals surface area contributed by atoms with Crippen LogP contribution in [0, 0.1) is 0 Å². The number of rotatable bonds is 3. The van der Waals surface area contributed by atoms with E-state index in [0.717, 1.165) is 24.4 Å². The zero-order chi connectivity index (χ0) is 9.97. The van der Waals surface area contributed by atoms with E-state index in [-0.39, 0.29) is 0 Å². The van der Waals surface area contributed by atoms with Crippen LogP contribution < -0.4 is 5.73 Å². The molecule has 0 radical (unpaired) electrons. The van der Waals surface area contributed by atoms with Crippen molar-refractivity contribution in [3.63, 3.8) is 0 Å². The normalized spacial score (nSPS) is 11.0. The van der Waals surface area contributed by atoms with Gasteiger partial charge in [0.2, 0.25) is 0 Å². The number of hydrogen-bond acceptors (Lipinski definition) is 2. The lowest BCUT2D eigenvalue weighted by Gasteiger charge is -1.99. The lowest BCUT2D eigenvalue weighted by Crippen LogP contribution is -1.99. The van der Waals surface area contributed by atoms with Crippen LogP contribution >= 0.6 is 22.9 Å². The molecule has 1 heterocycles. The van der Waals surface area contributed by atoms with Gasteiger partial charge in [-0.25, -0.2) is 0 Å². The molecule has 0 saturated heterocycles. The van der Waals surface area contributed by atoms with Crippen molar-refractivity contribution in [3.05, 3.63) is 34.2 Å². The molecule has 0 atom stereocenters. The van der Waals surface area contributed by atoms with Gasteiger partial charge in [-0.15, -0.1) is 11.3 Å². The maximum absolute atomic E-state index is 6.16. The van der Waals surface area contributed by atoms with Gasteiger partial charge in [-0.2, -0.15) is 0 Å². The SMILES string of the molecule is NCCCc1csc2cccc(Cl)c12. The second kappa shape index (κ2) is 4.30. The third-order valence-electron chi connectivity index (χ3n) is 2.27. The van der Waals surface area contributed by atoms with Gasteiger partial charge in [-0.05, 0) is 42.5 Å². The van der Waals surface area contributed by atoms with Crippen molar-refractivity contribution in [1.82, 2.24) is 0 Å². The molecule has 1 aromatic carbocycles. The van der Waals surface area contributed by atoms with Crippen molar-refractivity contribution >= 4 is 33.0 Å². The summed E-state index contributed by atoms with van der Waals surface area (Å²) in [4.78, 5) is 0. The number of nitrogens with two attached hydrogens (primary N) is 1. The Labute approximate surface area is 92.5 Å². The van der Waals surface area contributed by atoms with Crippen LogP contribution in [0.25, 0.3) is 10.1 Å². The first kappa shape index (κ1) is 9.97. The van der Waals surface area contributed by atoms with Crippen LogP contribution in [0.5, 0.6) is 0 Å². The molecule has 0 aliphatic heterocycles. The van der Waals surface area contributed by atoms with Crippen LogP contribution in [0.3, 0.4) is 0 Å². The summed E-state index contributed by atoms with van der Waals surface area (Å²) >= 11 is 7.91. The summed E-state index contributed by atoms with van der Waals surface area (Å²) in [7, 11) is 0. The summed E-state index contributed by atoms with van der Waals surface area (Å²) in [5, 5.41) is 4.26. The van der Waals surface area contributed by atoms with Gasteiger partial charge in [0.1, 0.15) is 0 Å². The first-order valence-electron chi connectivity index (χ1n) is 4.67. The van der Waals surface area contributed by atoms with Gasteiger partial charge in [-0.3, -0.25) is 0 Å². The molecule has 1 aromatic heterocycles. The van der Waals surface area contributed by atoms with E-state index in [0.29, 0.717) is 0 Å². The fourth-order valence-electron chi connectivity index (χ4n) is 1.58. The highest BCUT2D eigenvalue weighted by atomic mass is 35.5. The van der Waals surface area contributed by atoms with E-state index in [4.69, 9.17) is 17.3 Å². The first-order chi connectivity index (χ1) is 6.83. The number of hydrogen-bond donors (Lipinski definition) is 1. The summed E-state index contributed by atoms with van der Waals surface area (Å²) in [6.07, 6.45) is 2.05. The third-order valence-corrected chi connectivity index (χ3v) is 3.59. The van der Waals surface area contributed by atoms with Gasteiger partial charge in [-0.1, -0.05) is 17.7 Å². The van der Waals surface area contributed by atoms with Crippen LogP contribution in [-0.2, 0) is 6.42 Å². The standard InChI is InChI=1S/C11H12ClNS/c12-9-4-1-5-10-11(9)8(7-14-10)3-2-6-13/h1,4-5,7H,2-3,6,13H2. The fraction of sp³-hybridized carbons (Fsp3) is 0.273. The van der Waals surface area contributed by atoms with Gasteiger partial charge in [0.15, 0.2) is 0 Å². The molecule has 2 aromatic rings. The predicted octanol–water partition coefficient (Wildman–Crippen LogP) is 3.45. The van der Waals surface area contributed by atoms with Crippen LogP contribution in [0.15, 0.2) is 23.6 Å². The molecule has 0 amide bonds. The van der Waals surface area contributed by atoms with Gasteiger partial charge >= 0.3 is 0 Å². The molecule has 3 heteroatoms. The lowest BCUT2D eigenvalue weighted by molar-refractivity contribution is 0.839. The quantitative estimate of drug-likeness (QED) is 0.851. The molecule has 0 aliphatic carbocycles. The van der Waals surface area contributed by atoms with E-state index in [2.05, 4.69) is 11.4 Å². The molecule has 0 fully saturated rings. The summed E-state index contributed by atoms with van der Waals surface area (Å²) in [5.41, 5.74) is 6.83. The summed E-state index contributed by atoms with van der Waals surface area (Å²) < 4.78 is 1.27. The molecule has 0 bridgehead atoms. The zero-order valence-electron chi connectivity index (χ0n) is 7.79. The topological polar surface area (TPSA) is 26.0 Å². The number of thiophene rings is 1. The Morgan fingerprint density at radius 1 is 1.36 bits per heavy atom. The number of halogens is 1. The monoisotopic (exact) mass is 225 g/mol. The Hall–Kier alpha value is -0.570. The fourth-order valence-corrected chi connectivity index (χ4v) is 2.96. The summed E-state index contributed by atoms with van der Waals surface area (Å²) in [6, 6.07) is 6.05. The van der Waals surface area contributed by atoms with E-state index in [9.17, 15) is 0 Å². The zero-order valence-corrected chi connectivity index (χ0v) is 9.37. The Balaban J connectivity index is 2.45. The Bertz CT molecular complexity index is 436. The Morgan fingerprint density at radius 3 is 3.00 bits per heavy atom. The van der Waals surface area contributed by atoms with Gasteiger partial charge in [0.25, 0.3) is 0 Å². The molecule has 14 heavy (non-hydrogen) atoms. The molecule has 0 aliphatic rings. The molecule has 2 N–H and O–H groups in total. The summed E-state index contributed by atoms with van der Waals surface area (Å²) in [6.45, 7) is 0.738. The summed E-state index contributed by atoms with van der Waals surface area (Å²) in [5.74, 6) is 0. The van der Waals surface area contributed by atoms with E-state index in [1.807, 2.05) is 12.1 Å². The Morgan fingerprint density at radius 2 is 2.21 bits per heavy atom. The van der Waals surface area contributed by atoms with Crippen LogP contribution in [0.1, 0.15) is 12.0 Å². The molecule has 0 saturated carbocycles. The molecule has 2 rings (SSSR count). The first-order valence-corrected chi connectivity index (χ1v) is 5.93. The van der Waals surface area contributed by atoms with Crippen molar-refractivity contribution < 1.29 is 0 Å². The molecule has 74 valence electrons. The van der Waals surface area contributed by atoms with Crippen molar-refractivity contribution in [3.8, 4) is 0 Å². The molecular weight excluding hydrogens is 214 g/mol. The van der Waals surface area contributed by atoms with Crippen molar-refractivity contribution in [2.75, 3.05) is 6.54 Å². The molecular formula is C11H12ClNS. The third kappa shape index (κ3) is 1.78. The van der Waals surface area contributed by atoms with E-state index < -0.39 is 0 Å². The second-order valence-corrected chi connectivity index (χ2v) is 4.58. The maximum atomic E-state index is 6.16. The van der Waals surface area contributed by atoms with E-state index in [1.54, 1.807) is 11.3 Å². The number of aryl methyl sites for hydroxylation is 1. The van der Waals surface area contributed by atoms with E-state index in [1.165, 1.54) is 15.6 Å². The smallest absolute Gasteiger partial charge is 0.0495 e. The van der Waals surface area contributed by atoms with Crippen LogP contribution in [-0.4, -0.2) is 6.54 Å². The average Bonchev–Trinajstić information content (AvgIpc) is 2.59. The van der Waals surface area contributed by atoms with Gasteiger partial charge in [0, 0.05) is 15.1 Å². The highest BCUT2D eigenvalue weighted by Gasteiger charge is 2.06. The largest absolute Gasteiger partial charge is 0.330 e. The average molecular weight is 226 g/mol. The molecule has 0 unspecified atom stereocenters. The second-order valence-electron chi connectivity index (χ2n) is 3.27. The lowest BCUT2D eigenvalue weighted by atomic mass is 10.1. The van der Waals surface area contributed by atoms with Crippen molar-refractivity contribution in [2.24, 2.45) is 5.73 Å². The molecule has 0 spiro atoms. The van der Waals surface area contributed by atoms with E-state index >= 15 is 0 Å². The highest BCUT2D eigenvalue weighted by molar-refractivity contribution is 7.17. The highest BCUT2D eigenvalue weighted by Crippen LogP contribution is 2.32. The number of fused-ring (bicyclic) bond motifs is 1. The maximum Gasteiger partial charge on any atom is 0.0495 e. The van der Waals surface area contributed by atoms with Gasteiger partial charge in [0.05, 0.1) is 0 Å². The molecule has 1 nitrogen and oxygen atoms in total. The minimum atomic E-state index is 0.738. The number of benzene rings is 1. The van der Waals surface area contributed by atoms with Gasteiger partial charge < -0.3 is 5.73 Å². The van der Waals surface area contributed by atoms with Crippen molar-refractivity contribution in [2.45, 2.75) is 12.8 Å². The van der Waals surface area contributed by atoms with Crippen LogP contribution in [0.2, 0.25) is 5.02 Å². The Kier molecular flexibility index (Phi) is 3.06. The van der Waals surface area contributed by atoms with Crippen molar-refractivity contribution in [1.29, 1.82) is 0 Å². The predicted molar refractivity (Wildman–Crippen MR) is 64.2 cm³/mol.